The fraction of sp³-hybridized carbons (Fsp3) is 1.00. The predicted octanol–water partition coefficient (Wildman–Crippen LogP) is 0.231. The summed E-state index contributed by atoms with van der Waals surface area (Å²) in [5.74, 6) is 0. The topological polar surface area (TPSA) is 39.7 Å². The minimum atomic E-state index is -0.161. The van der Waals surface area contributed by atoms with Crippen molar-refractivity contribution in [2.24, 2.45) is 0 Å². The third-order valence-electron chi connectivity index (χ3n) is 1.46. The van der Waals surface area contributed by atoms with Crippen LogP contribution in [0.1, 0.15) is 6.92 Å². The van der Waals surface area contributed by atoms with E-state index in [4.69, 9.17) is 14.2 Å². The van der Waals surface area contributed by atoms with Crippen LogP contribution in [-0.4, -0.2) is 46.8 Å². The standard InChI is InChI=1S/C8H19NO3/c1-4-12-6-5-9-7-8(10-2)11-3/h8-9H,4-7H2,1-3H3. The number of methoxy groups -OCH3 is 2. The Morgan fingerprint density at radius 2 is 1.92 bits per heavy atom. The molecule has 0 atom stereocenters. The Kier molecular flexibility index (Phi) is 8.81. The van der Waals surface area contributed by atoms with Gasteiger partial charge in [-0.05, 0) is 6.92 Å². The summed E-state index contributed by atoms with van der Waals surface area (Å²) in [4.78, 5) is 0. The minimum absolute atomic E-state index is 0.161. The average molecular weight is 177 g/mol. The van der Waals surface area contributed by atoms with Crippen LogP contribution in [0.4, 0.5) is 0 Å². The van der Waals surface area contributed by atoms with Crippen molar-refractivity contribution in [1.82, 2.24) is 5.32 Å². The number of hydrogen-bond donors (Lipinski definition) is 1. The van der Waals surface area contributed by atoms with Crippen LogP contribution in [0.15, 0.2) is 0 Å². The van der Waals surface area contributed by atoms with Crippen molar-refractivity contribution in [2.75, 3.05) is 40.5 Å². The molecule has 12 heavy (non-hydrogen) atoms. The number of nitrogens with one attached hydrogen (secondary N) is 1. The second kappa shape index (κ2) is 8.93. The van der Waals surface area contributed by atoms with E-state index in [1.807, 2.05) is 6.92 Å². The predicted molar refractivity (Wildman–Crippen MR) is 47.2 cm³/mol. The Morgan fingerprint density at radius 3 is 2.42 bits per heavy atom. The maximum Gasteiger partial charge on any atom is 0.169 e. The molecule has 0 heterocycles. The van der Waals surface area contributed by atoms with Crippen LogP contribution in [0.25, 0.3) is 0 Å². The largest absolute Gasteiger partial charge is 0.380 e. The molecule has 0 aromatic heterocycles. The lowest BCUT2D eigenvalue weighted by Crippen LogP contribution is -2.31. The fourth-order valence-corrected chi connectivity index (χ4v) is 0.771. The highest BCUT2D eigenvalue weighted by Crippen LogP contribution is 1.86. The van der Waals surface area contributed by atoms with E-state index in [9.17, 15) is 0 Å². The van der Waals surface area contributed by atoms with Crippen LogP contribution in [0.2, 0.25) is 0 Å². The van der Waals surface area contributed by atoms with Crippen molar-refractivity contribution < 1.29 is 14.2 Å². The normalized spacial score (nSPS) is 11.0. The lowest BCUT2D eigenvalue weighted by molar-refractivity contribution is -0.0990. The van der Waals surface area contributed by atoms with Crippen LogP contribution >= 0.6 is 0 Å². The molecule has 0 aliphatic rings. The van der Waals surface area contributed by atoms with Crippen molar-refractivity contribution in [3.8, 4) is 0 Å². The molecule has 0 aromatic rings. The van der Waals surface area contributed by atoms with E-state index in [2.05, 4.69) is 5.32 Å². The second-order valence-electron chi connectivity index (χ2n) is 2.30. The van der Waals surface area contributed by atoms with Gasteiger partial charge < -0.3 is 19.5 Å². The molecule has 0 aromatic carbocycles. The molecule has 0 unspecified atom stereocenters. The molecule has 0 saturated heterocycles. The monoisotopic (exact) mass is 177 g/mol. The number of ether oxygens (including phenoxy) is 3. The molecule has 0 amide bonds. The highest BCUT2D eigenvalue weighted by molar-refractivity contribution is 4.49. The molecule has 0 aliphatic carbocycles. The molecule has 4 heteroatoms. The Morgan fingerprint density at radius 1 is 1.25 bits per heavy atom. The average Bonchev–Trinajstić information content (AvgIpc) is 2.11. The lowest BCUT2D eigenvalue weighted by Gasteiger charge is -2.13. The summed E-state index contributed by atoms with van der Waals surface area (Å²) in [6.45, 7) is 5.00. The minimum Gasteiger partial charge on any atom is -0.380 e. The van der Waals surface area contributed by atoms with Gasteiger partial charge in [0, 0.05) is 33.9 Å². The molecule has 0 radical (unpaired) electrons. The van der Waals surface area contributed by atoms with Gasteiger partial charge in [0.25, 0.3) is 0 Å². The molecule has 0 bridgehead atoms. The smallest absolute Gasteiger partial charge is 0.169 e. The summed E-state index contributed by atoms with van der Waals surface area (Å²) in [6.07, 6.45) is -0.161. The van der Waals surface area contributed by atoms with Crippen LogP contribution in [0.5, 0.6) is 0 Å². The van der Waals surface area contributed by atoms with Crippen LogP contribution in [-0.2, 0) is 14.2 Å². The van der Waals surface area contributed by atoms with E-state index in [1.54, 1.807) is 14.2 Å². The SMILES string of the molecule is CCOCCNCC(OC)OC. The van der Waals surface area contributed by atoms with Gasteiger partial charge in [0.05, 0.1) is 6.61 Å². The molecule has 0 spiro atoms. The zero-order chi connectivity index (χ0) is 9.23. The fourth-order valence-electron chi connectivity index (χ4n) is 0.771. The van der Waals surface area contributed by atoms with Crippen molar-refractivity contribution in [1.29, 1.82) is 0 Å². The van der Waals surface area contributed by atoms with Crippen molar-refractivity contribution in [2.45, 2.75) is 13.2 Å². The summed E-state index contributed by atoms with van der Waals surface area (Å²) < 4.78 is 15.1. The Balaban J connectivity index is 3.06. The summed E-state index contributed by atoms with van der Waals surface area (Å²) in [5, 5.41) is 3.15. The molecule has 0 aliphatic heterocycles. The van der Waals surface area contributed by atoms with E-state index in [1.165, 1.54) is 0 Å². The van der Waals surface area contributed by atoms with Crippen molar-refractivity contribution in [3.05, 3.63) is 0 Å². The highest BCUT2D eigenvalue weighted by Gasteiger charge is 2.02. The number of rotatable bonds is 8. The first-order valence-corrected chi connectivity index (χ1v) is 4.19. The Bertz CT molecular complexity index is 86.4. The summed E-state index contributed by atoms with van der Waals surface area (Å²) >= 11 is 0. The second-order valence-corrected chi connectivity index (χ2v) is 2.30. The molecule has 0 fully saturated rings. The van der Waals surface area contributed by atoms with Gasteiger partial charge in [0.2, 0.25) is 0 Å². The summed E-state index contributed by atoms with van der Waals surface area (Å²) in [7, 11) is 3.25. The van der Waals surface area contributed by atoms with Gasteiger partial charge in [-0.2, -0.15) is 0 Å². The van der Waals surface area contributed by atoms with Gasteiger partial charge >= 0.3 is 0 Å². The lowest BCUT2D eigenvalue weighted by atomic mass is 10.5. The van der Waals surface area contributed by atoms with E-state index in [-0.39, 0.29) is 6.29 Å². The van der Waals surface area contributed by atoms with Gasteiger partial charge in [-0.15, -0.1) is 0 Å². The zero-order valence-corrected chi connectivity index (χ0v) is 8.13. The van der Waals surface area contributed by atoms with Gasteiger partial charge in [0.1, 0.15) is 0 Å². The van der Waals surface area contributed by atoms with Crippen LogP contribution < -0.4 is 5.32 Å². The Hall–Kier alpha value is -0.160. The van der Waals surface area contributed by atoms with Gasteiger partial charge in [-0.1, -0.05) is 0 Å². The molecule has 0 rings (SSSR count). The zero-order valence-electron chi connectivity index (χ0n) is 8.13. The van der Waals surface area contributed by atoms with E-state index in [0.717, 1.165) is 19.8 Å². The quantitative estimate of drug-likeness (QED) is 0.425. The highest BCUT2D eigenvalue weighted by atomic mass is 16.7. The Labute approximate surface area is 74.2 Å². The first-order chi connectivity index (χ1) is 5.85. The third-order valence-corrected chi connectivity index (χ3v) is 1.46. The maximum atomic E-state index is 5.14. The van der Waals surface area contributed by atoms with Gasteiger partial charge in [0.15, 0.2) is 6.29 Å². The van der Waals surface area contributed by atoms with Crippen LogP contribution in [0, 0.1) is 0 Å². The number of hydrogen-bond acceptors (Lipinski definition) is 4. The molecule has 1 N–H and O–H groups in total. The molecular weight excluding hydrogens is 158 g/mol. The molecule has 4 nitrogen and oxygen atoms in total. The molecule has 74 valence electrons. The third kappa shape index (κ3) is 6.54. The van der Waals surface area contributed by atoms with Crippen molar-refractivity contribution >= 4 is 0 Å². The van der Waals surface area contributed by atoms with Gasteiger partial charge in [-0.3, -0.25) is 0 Å². The van der Waals surface area contributed by atoms with Crippen LogP contribution in [0.3, 0.4) is 0 Å². The summed E-state index contributed by atoms with van der Waals surface area (Å²) in [5.41, 5.74) is 0. The first-order valence-electron chi connectivity index (χ1n) is 4.19. The van der Waals surface area contributed by atoms with E-state index < -0.39 is 0 Å². The van der Waals surface area contributed by atoms with E-state index >= 15 is 0 Å². The molecular formula is C8H19NO3. The van der Waals surface area contributed by atoms with Gasteiger partial charge in [-0.25, -0.2) is 0 Å². The molecule has 0 saturated carbocycles. The maximum absolute atomic E-state index is 5.14. The van der Waals surface area contributed by atoms with Crippen molar-refractivity contribution in [3.63, 3.8) is 0 Å². The summed E-state index contributed by atoms with van der Waals surface area (Å²) in [6, 6.07) is 0. The first kappa shape index (κ1) is 11.8. The van der Waals surface area contributed by atoms with E-state index in [0.29, 0.717) is 6.54 Å².